The predicted octanol–water partition coefficient (Wildman–Crippen LogP) is 5.90. The normalized spacial score (nSPS) is 10.5. The van der Waals surface area contributed by atoms with Crippen molar-refractivity contribution < 1.29 is 14.6 Å². The third-order valence-electron chi connectivity index (χ3n) is 4.30. The number of carboxylic acids is 1. The highest BCUT2D eigenvalue weighted by atomic mass is 16.5. The molecule has 0 unspecified atom stereocenters. The molecule has 1 N–H and O–H groups in total. The summed E-state index contributed by atoms with van der Waals surface area (Å²) in [6, 6.07) is 23.3. The zero-order chi connectivity index (χ0) is 18.4. The molecular formula is C23H22O3. The molecule has 3 rings (SSSR count). The molecule has 3 aromatic rings. The molecule has 0 saturated carbocycles. The Kier molecular flexibility index (Phi) is 5.69. The van der Waals surface area contributed by atoms with Crippen LogP contribution in [0.5, 0.6) is 5.75 Å². The second kappa shape index (κ2) is 8.34. The Hall–Kier alpha value is -3.07. The molecular weight excluding hydrogens is 324 g/mol. The fourth-order valence-electron chi connectivity index (χ4n) is 2.74. The third-order valence-corrected chi connectivity index (χ3v) is 4.30. The molecule has 0 spiro atoms. The van der Waals surface area contributed by atoms with Crippen molar-refractivity contribution in [3.63, 3.8) is 0 Å². The molecule has 3 heteroatoms. The molecule has 0 heterocycles. The monoisotopic (exact) mass is 346 g/mol. The molecule has 26 heavy (non-hydrogen) atoms. The van der Waals surface area contributed by atoms with Crippen LogP contribution in [0.25, 0.3) is 22.3 Å². The number of carbonyl (C=O) groups is 1. The van der Waals surface area contributed by atoms with Crippen LogP contribution in [0.4, 0.5) is 0 Å². The first-order valence-electron chi connectivity index (χ1n) is 8.84. The van der Waals surface area contributed by atoms with E-state index in [1.54, 1.807) is 12.1 Å². The lowest BCUT2D eigenvalue weighted by atomic mass is 9.99. The second-order valence-electron chi connectivity index (χ2n) is 6.19. The van der Waals surface area contributed by atoms with Crippen molar-refractivity contribution in [1.82, 2.24) is 0 Å². The van der Waals surface area contributed by atoms with E-state index in [0.717, 1.165) is 47.5 Å². The molecule has 3 nitrogen and oxygen atoms in total. The first-order valence-corrected chi connectivity index (χ1v) is 8.84. The number of carboxylic acid groups (broad SMARTS) is 1. The van der Waals surface area contributed by atoms with E-state index >= 15 is 0 Å². The first kappa shape index (κ1) is 17.7. The van der Waals surface area contributed by atoms with Gasteiger partial charge in [-0.15, -0.1) is 0 Å². The highest BCUT2D eigenvalue weighted by Gasteiger charge is 2.04. The summed E-state index contributed by atoms with van der Waals surface area (Å²) >= 11 is 0. The lowest BCUT2D eigenvalue weighted by molar-refractivity contribution is 0.0697. The van der Waals surface area contributed by atoms with E-state index in [1.165, 1.54) is 0 Å². The smallest absolute Gasteiger partial charge is 0.335 e. The van der Waals surface area contributed by atoms with Gasteiger partial charge in [0.05, 0.1) is 12.2 Å². The minimum atomic E-state index is -0.908. The van der Waals surface area contributed by atoms with Crippen molar-refractivity contribution in [2.45, 2.75) is 19.8 Å². The van der Waals surface area contributed by atoms with Crippen LogP contribution in [0.2, 0.25) is 0 Å². The molecule has 0 radical (unpaired) electrons. The predicted molar refractivity (Wildman–Crippen MR) is 105 cm³/mol. The second-order valence-corrected chi connectivity index (χ2v) is 6.19. The third kappa shape index (κ3) is 4.31. The Balaban J connectivity index is 1.71. The quantitative estimate of drug-likeness (QED) is 0.542. The summed E-state index contributed by atoms with van der Waals surface area (Å²) in [7, 11) is 0. The van der Waals surface area contributed by atoms with Crippen molar-refractivity contribution in [3.05, 3.63) is 78.4 Å². The van der Waals surface area contributed by atoms with Crippen LogP contribution in [-0.2, 0) is 0 Å². The molecule has 132 valence electrons. The summed E-state index contributed by atoms with van der Waals surface area (Å²) in [6.45, 7) is 2.90. The SMILES string of the molecule is CCCCOc1ccc(-c2ccc(-c3ccc(C(=O)O)cc3)cc2)cc1. The van der Waals surface area contributed by atoms with Gasteiger partial charge in [0.1, 0.15) is 5.75 Å². The Morgan fingerprint density at radius 3 is 1.62 bits per heavy atom. The minimum absolute atomic E-state index is 0.298. The number of hydrogen-bond acceptors (Lipinski definition) is 2. The molecule has 0 bridgehead atoms. The first-order chi connectivity index (χ1) is 12.7. The van der Waals surface area contributed by atoms with Crippen molar-refractivity contribution in [3.8, 4) is 28.0 Å². The van der Waals surface area contributed by atoms with Gasteiger partial charge in [-0.1, -0.05) is 61.9 Å². The maximum absolute atomic E-state index is 10.9. The van der Waals surface area contributed by atoms with Crippen molar-refractivity contribution in [1.29, 1.82) is 0 Å². The average Bonchev–Trinajstić information content (AvgIpc) is 2.69. The molecule has 0 fully saturated rings. The Morgan fingerprint density at radius 1 is 0.769 bits per heavy atom. The van der Waals surface area contributed by atoms with Crippen LogP contribution >= 0.6 is 0 Å². The van der Waals surface area contributed by atoms with Gasteiger partial charge in [-0.2, -0.15) is 0 Å². The molecule has 0 aliphatic heterocycles. The van der Waals surface area contributed by atoms with Gasteiger partial charge in [0.2, 0.25) is 0 Å². The molecule has 0 aromatic heterocycles. The van der Waals surface area contributed by atoms with Crippen LogP contribution < -0.4 is 4.74 Å². The van der Waals surface area contributed by atoms with Crippen LogP contribution in [0.3, 0.4) is 0 Å². The number of unbranched alkanes of at least 4 members (excludes halogenated alkanes) is 1. The Labute approximate surface area is 153 Å². The Bertz CT molecular complexity index is 847. The average molecular weight is 346 g/mol. The molecule has 3 aromatic carbocycles. The summed E-state index contributed by atoms with van der Waals surface area (Å²) in [5.74, 6) is -0.00800. The van der Waals surface area contributed by atoms with Crippen molar-refractivity contribution >= 4 is 5.97 Å². The largest absolute Gasteiger partial charge is 0.494 e. The van der Waals surface area contributed by atoms with Crippen LogP contribution in [0.15, 0.2) is 72.8 Å². The molecule has 0 amide bonds. The standard InChI is InChI=1S/C23H22O3/c1-2-3-16-26-22-14-12-20(13-15-22)18-6-4-17(5-7-18)19-8-10-21(11-9-19)23(24)25/h4-15H,2-3,16H2,1H3,(H,24,25). The maximum Gasteiger partial charge on any atom is 0.335 e. The van der Waals surface area contributed by atoms with E-state index < -0.39 is 5.97 Å². The highest BCUT2D eigenvalue weighted by molar-refractivity contribution is 5.88. The van der Waals surface area contributed by atoms with Gasteiger partial charge >= 0.3 is 5.97 Å². The minimum Gasteiger partial charge on any atom is -0.494 e. The van der Waals surface area contributed by atoms with Gasteiger partial charge in [-0.25, -0.2) is 4.79 Å². The van der Waals surface area contributed by atoms with Gasteiger partial charge in [-0.3, -0.25) is 0 Å². The van der Waals surface area contributed by atoms with Gasteiger partial charge < -0.3 is 9.84 Å². The van der Waals surface area contributed by atoms with E-state index in [2.05, 4.69) is 43.3 Å². The number of benzene rings is 3. The number of ether oxygens (including phenoxy) is 1. The lowest BCUT2D eigenvalue weighted by Gasteiger charge is -2.08. The number of hydrogen-bond donors (Lipinski definition) is 1. The molecule has 0 aliphatic rings. The van der Waals surface area contributed by atoms with E-state index in [9.17, 15) is 4.79 Å². The summed E-state index contributed by atoms with van der Waals surface area (Å²) in [6.07, 6.45) is 2.19. The van der Waals surface area contributed by atoms with Crippen molar-refractivity contribution in [2.75, 3.05) is 6.61 Å². The molecule has 0 atom stereocenters. The zero-order valence-corrected chi connectivity index (χ0v) is 14.8. The lowest BCUT2D eigenvalue weighted by Crippen LogP contribution is -1.95. The summed E-state index contributed by atoms with van der Waals surface area (Å²) in [5, 5.41) is 8.98. The summed E-state index contributed by atoms with van der Waals surface area (Å²) in [5.41, 5.74) is 4.63. The van der Waals surface area contributed by atoms with E-state index in [0.29, 0.717) is 5.56 Å². The maximum atomic E-state index is 10.9. The zero-order valence-electron chi connectivity index (χ0n) is 14.8. The molecule has 0 aliphatic carbocycles. The van der Waals surface area contributed by atoms with Crippen LogP contribution in [0, 0.1) is 0 Å². The highest BCUT2D eigenvalue weighted by Crippen LogP contribution is 2.26. The van der Waals surface area contributed by atoms with Gasteiger partial charge in [0, 0.05) is 0 Å². The number of aromatic carboxylic acids is 1. The van der Waals surface area contributed by atoms with Crippen molar-refractivity contribution in [2.24, 2.45) is 0 Å². The Morgan fingerprint density at radius 2 is 1.19 bits per heavy atom. The molecule has 0 saturated heterocycles. The summed E-state index contributed by atoms with van der Waals surface area (Å²) in [4.78, 5) is 10.9. The van der Waals surface area contributed by atoms with Crippen LogP contribution in [0.1, 0.15) is 30.1 Å². The topological polar surface area (TPSA) is 46.5 Å². The fraction of sp³-hybridized carbons (Fsp3) is 0.174. The van der Waals surface area contributed by atoms with Gasteiger partial charge in [0.25, 0.3) is 0 Å². The van der Waals surface area contributed by atoms with E-state index in [1.807, 2.05) is 24.3 Å². The van der Waals surface area contributed by atoms with Crippen LogP contribution in [-0.4, -0.2) is 17.7 Å². The van der Waals surface area contributed by atoms with Gasteiger partial charge in [-0.05, 0) is 52.9 Å². The summed E-state index contributed by atoms with van der Waals surface area (Å²) < 4.78 is 5.70. The number of rotatable bonds is 7. The fourth-order valence-corrected chi connectivity index (χ4v) is 2.74. The van der Waals surface area contributed by atoms with E-state index in [4.69, 9.17) is 9.84 Å². The van der Waals surface area contributed by atoms with Gasteiger partial charge in [0.15, 0.2) is 0 Å². The van der Waals surface area contributed by atoms with E-state index in [-0.39, 0.29) is 0 Å².